The van der Waals surface area contributed by atoms with Crippen molar-refractivity contribution in [3.63, 3.8) is 0 Å². The lowest BCUT2D eigenvalue weighted by Crippen LogP contribution is -2.25. The van der Waals surface area contributed by atoms with Gasteiger partial charge in [-0.2, -0.15) is 0 Å². The number of allylic oxidation sites excluding steroid dienone is 5. The molecule has 0 aromatic rings. The molecule has 6 nitrogen and oxygen atoms in total. The number of ether oxygens (including phenoxy) is 1. The van der Waals surface area contributed by atoms with Crippen molar-refractivity contribution in [3.8, 4) is 0 Å². The summed E-state index contributed by atoms with van der Waals surface area (Å²) in [5, 5.41) is 38.7. The number of carbonyl (C=O) groups is 1. The Bertz CT molecular complexity index is 551. The van der Waals surface area contributed by atoms with Crippen molar-refractivity contribution >= 4 is 5.97 Å². The van der Waals surface area contributed by atoms with E-state index < -0.39 is 36.5 Å². The highest BCUT2D eigenvalue weighted by Gasteiger charge is 2.36. The molecular weight excluding hydrogens is 360 g/mol. The minimum absolute atomic E-state index is 0.0872. The van der Waals surface area contributed by atoms with Crippen molar-refractivity contribution in [1.82, 2.24) is 0 Å². The first-order valence-corrected chi connectivity index (χ1v) is 9.98. The van der Waals surface area contributed by atoms with Crippen molar-refractivity contribution < 1.29 is 30.0 Å². The summed E-state index contributed by atoms with van der Waals surface area (Å²) in [6.45, 7) is 2.10. The van der Waals surface area contributed by atoms with Crippen LogP contribution in [0.2, 0.25) is 0 Å². The van der Waals surface area contributed by atoms with E-state index in [9.17, 15) is 20.1 Å². The monoisotopic (exact) mass is 394 g/mol. The Labute approximate surface area is 167 Å². The standard InChI is InChI=1S/C22H34O6/c1-2-3-4-5-6-7-8-9-10-11-17(23)12-13-18(24)21-16-19(25)20(28-21)14-15-22(26)27/h3-4,6-7,9-10,12-13,17-21,23-25H,2,5,8,11,14-16H2,1H3,(H,26,27)/b4-3-,7-6-,10-9-,13-12+/t17-,18+,19+,20+,21+/m1/s1. The van der Waals surface area contributed by atoms with Crippen LogP contribution in [0.1, 0.15) is 51.9 Å². The molecule has 1 aliphatic heterocycles. The van der Waals surface area contributed by atoms with Crippen molar-refractivity contribution in [1.29, 1.82) is 0 Å². The summed E-state index contributed by atoms with van der Waals surface area (Å²) in [7, 11) is 0. The molecule has 4 N–H and O–H groups in total. The van der Waals surface area contributed by atoms with Crippen LogP contribution in [-0.4, -0.2) is 56.9 Å². The number of aliphatic hydroxyl groups is 3. The van der Waals surface area contributed by atoms with E-state index in [4.69, 9.17) is 9.84 Å². The van der Waals surface area contributed by atoms with Crippen LogP contribution in [0.3, 0.4) is 0 Å². The first-order chi connectivity index (χ1) is 13.4. The molecule has 0 aromatic heterocycles. The van der Waals surface area contributed by atoms with Crippen LogP contribution in [0.15, 0.2) is 48.6 Å². The van der Waals surface area contributed by atoms with E-state index in [1.807, 2.05) is 12.2 Å². The van der Waals surface area contributed by atoms with Gasteiger partial charge in [-0.15, -0.1) is 0 Å². The van der Waals surface area contributed by atoms with Gasteiger partial charge in [-0.3, -0.25) is 4.79 Å². The summed E-state index contributed by atoms with van der Waals surface area (Å²) in [6.07, 6.45) is 15.3. The molecule has 0 amide bonds. The molecule has 6 heteroatoms. The quantitative estimate of drug-likeness (QED) is 0.358. The fraction of sp³-hybridized carbons (Fsp3) is 0.591. The number of hydrogen-bond donors (Lipinski definition) is 4. The molecule has 5 atom stereocenters. The minimum atomic E-state index is -0.956. The zero-order valence-corrected chi connectivity index (χ0v) is 16.6. The van der Waals surface area contributed by atoms with E-state index in [0.29, 0.717) is 6.42 Å². The number of aliphatic hydroxyl groups excluding tert-OH is 3. The molecule has 0 saturated carbocycles. The number of rotatable bonds is 13. The van der Waals surface area contributed by atoms with E-state index in [1.165, 1.54) is 12.2 Å². The molecule has 0 aliphatic carbocycles. The van der Waals surface area contributed by atoms with Gasteiger partial charge in [0.1, 0.15) is 0 Å². The molecule has 1 rings (SSSR count). The second-order valence-corrected chi connectivity index (χ2v) is 6.92. The topological polar surface area (TPSA) is 107 Å². The summed E-state index contributed by atoms with van der Waals surface area (Å²) >= 11 is 0. The number of carboxylic acids is 1. The Kier molecular flexibility index (Phi) is 12.4. The average molecular weight is 395 g/mol. The largest absolute Gasteiger partial charge is 0.481 e. The van der Waals surface area contributed by atoms with Gasteiger partial charge in [0.2, 0.25) is 0 Å². The highest BCUT2D eigenvalue weighted by Crippen LogP contribution is 2.26. The van der Waals surface area contributed by atoms with Crippen LogP contribution in [-0.2, 0) is 9.53 Å². The Morgan fingerprint density at radius 3 is 2.36 bits per heavy atom. The molecular formula is C22H34O6. The van der Waals surface area contributed by atoms with Gasteiger partial charge < -0.3 is 25.2 Å². The number of aliphatic carboxylic acids is 1. The normalized spacial score (nSPS) is 25.5. The smallest absolute Gasteiger partial charge is 0.303 e. The van der Waals surface area contributed by atoms with Gasteiger partial charge in [0.05, 0.1) is 30.5 Å². The van der Waals surface area contributed by atoms with Crippen molar-refractivity contribution in [2.24, 2.45) is 0 Å². The minimum Gasteiger partial charge on any atom is -0.481 e. The van der Waals surface area contributed by atoms with Gasteiger partial charge >= 0.3 is 5.97 Å². The Morgan fingerprint density at radius 2 is 1.71 bits per heavy atom. The highest BCUT2D eigenvalue weighted by atomic mass is 16.5. The average Bonchev–Trinajstić information content (AvgIpc) is 3.04. The van der Waals surface area contributed by atoms with E-state index >= 15 is 0 Å². The SMILES string of the molecule is CC/C=C\C/C=C\C/C=C\C[C@@H](O)/C=C/[C@H](O)[C@@H]1C[C@H](O)[C@H](CCC(=O)O)O1. The lowest BCUT2D eigenvalue weighted by molar-refractivity contribution is -0.138. The van der Waals surface area contributed by atoms with E-state index in [2.05, 4.69) is 31.2 Å². The van der Waals surface area contributed by atoms with Crippen molar-refractivity contribution in [2.45, 2.75) is 82.4 Å². The third-order valence-electron chi connectivity index (χ3n) is 4.46. The van der Waals surface area contributed by atoms with Gasteiger partial charge in [-0.05, 0) is 32.1 Å². The summed E-state index contributed by atoms with van der Waals surface area (Å²) in [6, 6.07) is 0. The molecule has 1 saturated heterocycles. The van der Waals surface area contributed by atoms with Crippen molar-refractivity contribution in [3.05, 3.63) is 48.6 Å². The molecule has 0 unspecified atom stereocenters. The molecule has 158 valence electrons. The third-order valence-corrected chi connectivity index (χ3v) is 4.46. The van der Waals surface area contributed by atoms with Gasteiger partial charge in [0, 0.05) is 12.8 Å². The third kappa shape index (κ3) is 10.6. The molecule has 0 aromatic carbocycles. The molecule has 0 radical (unpaired) electrons. The fourth-order valence-electron chi connectivity index (χ4n) is 2.90. The molecule has 0 spiro atoms. The second-order valence-electron chi connectivity index (χ2n) is 6.92. The van der Waals surface area contributed by atoms with Gasteiger partial charge in [0.25, 0.3) is 0 Å². The molecule has 1 aliphatic rings. The number of hydrogen-bond acceptors (Lipinski definition) is 5. The molecule has 1 heterocycles. The number of carboxylic acid groups (broad SMARTS) is 1. The maximum absolute atomic E-state index is 10.6. The zero-order chi connectivity index (χ0) is 20.8. The van der Waals surface area contributed by atoms with Crippen LogP contribution in [0.25, 0.3) is 0 Å². The first-order valence-electron chi connectivity index (χ1n) is 9.98. The first kappa shape index (κ1) is 24.3. The van der Waals surface area contributed by atoms with Crippen LogP contribution in [0.5, 0.6) is 0 Å². The Balaban J connectivity index is 2.28. The predicted molar refractivity (Wildman–Crippen MR) is 109 cm³/mol. The summed E-state index contributed by atoms with van der Waals surface area (Å²) in [5.41, 5.74) is 0. The summed E-state index contributed by atoms with van der Waals surface area (Å²) in [4.78, 5) is 10.6. The summed E-state index contributed by atoms with van der Waals surface area (Å²) in [5.74, 6) is -0.945. The highest BCUT2D eigenvalue weighted by molar-refractivity contribution is 5.66. The zero-order valence-electron chi connectivity index (χ0n) is 16.6. The lowest BCUT2D eigenvalue weighted by atomic mass is 10.0. The van der Waals surface area contributed by atoms with Gasteiger partial charge in [-0.25, -0.2) is 0 Å². The van der Waals surface area contributed by atoms with Crippen LogP contribution >= 0.6 is 0 Å². The van der Waals surface area contributed by atoms with Crippen LogP contribution < -0.4 is 0 Å². The summed E-state index contributed by atoms with van der Waals surface area (Å²) < 4.78 is 5.56. The maximum Gasteiger partial charge on any atom is 0.303 e. The van der Waals surface area contributed by atoms with E-state index in [1.54, 1.807) is 0 Å². The van der Waals surface area contributed by atoms with Crippen molar-refractivity contribution in [2.75, 3.05) is 0 Å². The van der Waals surface area contributed by atoms with E-state index in [-0.39, 0.29) is 19.3 Å². The molecule has 28 heavy (non-hydrogen) atoms. The Hall–Kier alpha value is -1.73. The van der Waals surface area contributed by atoms with Crippen LogP contribution in [0, 0.1) is 0 Å². The fourth-order valence-corrected chi connectivity index (χ4v) is 2.90. The van der Waals surface area contributed by atoms with Gasteiger partial charge in [-0.1, -0.05) is 55.5 Å². The molecule has 1 fully saturated rings. The van der Waals surface area contributed by atoms with Crippen LogP contribution in [0.4, 0.5) is 0 Å². The second kappa shape index (κ2) is 14.3. The predicted octanol–water partition coefficient (Wildman–Crippen LogP) is 2.90. The lowest BCUT2D eigenvalue weighted by Gasteiger charge is -2.16. The van der Waals surface area contributed by atoms with E-state index in [0.717, 1.165) is 19.3 Å². The van der Waals surface area contributed by atoms with Gasteiger partial charge in [0.15, 0.2) is 0 Å². The maximum atomic E-state index is 10.6. The molecule has 0 bridgehead atoms. The Morgan fingerprint density at radius 1 is 1.07 bits per heavy atom.